The molecular formula is C11H15NO2. The maximum atomic E-state index is 10.0. The van der Waals surface area contributed by atoms with Gasteiger partial charge in [0.15, 0.2) is 0 Å². The highest BCUT2D eigenvalue weighted by Gasteiger charge is 2.27. The minimum absolute atomic E-state index is 0.00917. The standard InChI is InChI=1S/C11H15NO2/c1-2-12-9-7-14-10-6-4-3-5-8(10)11(9)13/h3-6,9,11-13H,2,7H2,1H3/t9-,11-/m0/s1. The van der Waals surface area contributed by atoms with Crippen molar-refractivity contribution in [2.45, 2.75) is 19.1 Å². The summed E-state index contributed by atoms with van der Waals surface area (Å²) < 4.78 is 5.54. The second-order valence-electron chi connectivity index (χ2n) is 3.46. The summed E-state index contributed by atoms with van der Waals surface area (Å²) in [6.07, 6.45) is -0.458. The topological polar surface area (TPSA) is 41.5 Å². The zero-order chi connectivity index (χ0) is 9.97. The molecule has 1 aromatic rings. The first-order valence-corrected chi connectivity index (χ1v) is 4.96. The van der Waals surface area contributed by atoms with Crippen molar-refractivity contribution in [2.24, 2.45) is 0 Å². The molecular weight excluding hydrogens is 178 g/mol. The highest BCUT2D eigenvalue weighted by molar-refractivity contribution is 5.37. The van der Waals surface area contributed by atoms with Crippen LogP contribution in [-0.2, 0) is 0 Å². The molecule has 0 bridgehead atoms. The van der Waals surface area contributed by atoms with Gasteiger partial charge in [-0.15, -0.1) is 0 Å². The normalized spacial score (nSPS) is 25.3. The largest absolute Gasteiger partial charge is 0.491 e. The molecule has 2 rings (SSSR count). The molecule has 2 atom stereocenters. The van der Waals surface area contributed by atoms with E-state index in [4.69, 9.17) is 4.74 Å². The number of fused-ring (bicyclic) bond motifs is 1. The molecule has 0 amide bonds. The molecule has 3 nitrogen and oxygen atoms in total. The van der Waals surface area contributed by atoms with E-state index in [9.17, 15) is 5.11 Å². The molecule has 0 saturated carbocycles. The summed E-state index contributed by atoms with van der Waals surface area (Å²) in [6.45, 7) is 3.40. The number of nitrogens with one attached hydrogen (secondary N) is 1. The van der Waals surface area contributed by atoms with Crippen LogP contribution in [0.15, 0.2) is 24.3 Å². The van der Waals surface area contributed by atoms with Crippen LogP contribution >= 0.6 is 0 Å². The lowest BCUT2D eigenvalue weighted by atomic mass is 9.99. The summed E-state index contributed by atoms with van der Waals surface area (Å²) in [5.41, 5.74) is 0.879. The molecule has 0 unspecified atom stereocenters. The van der Waals surface area contributed by atoms with E-state index < -0.39 is 6.10 Å². The van der Waals surface area contributed by atoms with Crippen molar-refractivity contribution < 1.29 is 9.84 Å². The van der Waals surface area contributed by atoms with Crippen molar-refractivity contribution in [1.29, 1.82) is 0 Å². The van der Waals surface area contributed by atoms with E-state index in [1.165, 1.54) is 0 Å². The van der Waals surface area contributed by atoms with Gasteiger partial charge in [0.1, 0.15) is 18.5 Å². The Morgan fingerprint density at radius 1 is 1.50 bits per heavy atom. The quantitative estimate of drug-likeness (QED) is 0.738. The second-order valence-corrected chi connectivity index (χ2v) is 3.46. The van der Waals surface area contributed by atoms with Crippen LogP contribution in [0.3, 0.4) is 0 Å². The first kappa shape index (κ1) is 9.49. The number of hydrogen-bond donors (Lipinski definition) is 2. The lowest BCUT2D eigenvalue weighted by Crippen LogP contribution is -2.42. The zero-order valence-electron chi connectivity index (χ0n) is 8.23. The van der Waals surface area contributed by atoms with Crippen molar-refractivity contribution >= 4 is 0 Å². The van der Waals surface area contributed by atoms with Crippen molar-refractivity contribution in [3.63, 3.8) is 0 Å². The van der Waals surface area contributed by atoms with Gasteiger partial charge in [-0.2, -0.15) is 0 Å². The summed E-state index contributed by atoms with van der Waals surface area (Å²) in [6, 6.07) is 7.64. The highest BCUT2D eigenvalue weighted by atomic mass is 16.5. The Morgan fingerprint density at radius 2 is 2.29 bits per heavy atom. The maximum Gasteiger partial charge on any atom is 0.125 e. The fraction of sp³-hybridized carbons (Fsp3) is 0.455. The summed E-state index contributed by atoms with van der Waals surface area (Å²) in [5.74, 6) is 0.800. The van der Waals surface area contributed by atoms with Gasteiger partial charge >= 0.3 is 0 Å². The van der Waals surface area contributed by atoms with E-state index in [-0.39, 0.29) is 6.04 Å². The van der Waals surface area contributed by atoms with E-state index in [2.05, 4.69) is 5.32 Å². The van der Waals surface area contributed by atoms with Gasteiger partial charge in [-0.05, 0) is 12.6 Å². The minimum atomic E-state index is -0.458. The molecule has 14 heavy (non-hydrogen) atoms. The van der Waals surface area contributed by atoms with E-state index in [1.807, 2.05) is 31.2 Å². The second kappa shape index (κ2) is 3.98. The molecule has 76 valence electrons. The Kier molecular flexibility index (Phi) is 2.70. The third-order valence-electron chi connectivity index (χ3n) is 2.50. The first-order chi connectivity index (χ1) is 6.83. The monoisotopic (exact) mass is 193 g/mol. The van der Waals surface area contributed by atoms with Crippen LogP contribution in [0.25, 0.3) is 0 Å². The van der Waals surface area contributed by atoms with Crippen LogP contribution < -0.4 is 10.1 Å². The number of aliphatic hydroxyl groups excluding tert-OH is 1. The van der Waals surface area contributed by atoms with Crippen LogP contribution in [0.5, 0.6) is 5.75 Å². The molecule has 3 heteroatoms. The number of aliphatic hydroxyl groups is 1. The maximum absolute atomic E-state index is 10.0. The third kappa shape index (κ3) is 1.61. The van der Waals surface area contributed by atoms with Gasteiger partial charge in [-0.1, -0.05) is 25.1 Å². The Labute approximate surface area is 83.7 Å². The van der Waals surface area contributed by atoms with Crippen LogP contribution in [0.1, 0.15) is 18.6 Å². The Balaban J connectivity index is 2.22. The van der Waals surface area contributed by atoms with Gasteiger partial charge in [0.25, 0.3) is 0 Å². The predicted octanol–water partition coefficient (Wildman–Crippen LogP) is 1.09. The fourth-order valence-electron chi connectivity index (χ4n) is 1.78. The lowest BCUT2D eigenvalue weighted by molar-refractivity contribution is 0.0745. The molecule has 0 spiro atoms. The van der Waals surface area contributed by atoms with Crippen molar-refractivity contribution in [2.75, 3.05) is 13.2 Å². The summed E-state index contributed by atoms with van der Waals surface area (Å²) in [5, 5.41) is 13.2. The van der Waals surface area contributed by atoms with Gasteiger partial charge in [-0.3, -0.25) is 0 Å². The first-order valence-electron chi connectivity index (χ1n) is 4.96. The molecule has 0 aromatic heterocycles. The molecule has 0 saturated heterocycles. The summed E-state index contributed by atoms with van der Waals surface area (Å²) in [4.78, 5) is 0. The molecule has 0 fully saturated rings. The Hall–Kier alpha value is -1.06. The van der Waals surface area contributed by atoms with Crippen LogP contribution in [0.4, 0.5) is 0 Å². The van der Waals surface area contributed by atoms with E-state index in [1.54, 1.807) is 0 Å². The minimum Gasteiger partial charge on any atom is -0.491 e. The molecule has 0 aliphatic carbocycles. The van der Waals surface area contributed by atoms with Gasteiger partial charge in [-0.25, -0.2) is 0 Å². The molecule has 1 aromatic carbocycles. The Morgan fingerprint density at radius 3 is 3.07 bits per heavy atom. The van der Waals surface area contributed by atoms with Crippen molar-refractivity contribution in [3.05, 3.63) is 29.8 Å². The van der Waals surface area contributed by atoms with E-state index in [0.29, 0.717) is 6.61 Å². The fourth-order valence-corrected chi connectivity index (χ4v) is 1.78. The molecule has 1 aliphatic rings. The van der Waals surface area contributed by atoms with Crippen LogP contribution in [0, 0.1) is 0 Å². The molecule has 1 heterocycles. The number of hydrogen-bond acceptors (Lipinski definition) is 3. The number of benzene rings is 1. The van der Waals surface area contributed by atoms with Crippen LogP contribution in [0.2, 0.25) is 0 Å². The molecule has 0 radical (unpaired) electrons. The van der Waals surface area contributed by atoms with Gasteiger partial charge in [0, 0.05) is 5.56 Å². The van der Waals surface area contributed by atoms with Gasteiger partial charge < -0.3 is 15.2 Å². The van der Waals surface area contributed by atoms with Gasteiger partial charge in [0.2, 0.25) is 0 Å². The highest BCUT2D eigenvalue weighted by Crippen LogP contribution is 2.31. The van der Waals surface area contributed by atoms with Crippen molar-refractivity contribution in [3.8, 4) is 5.75 Å². The van der Waals surface area contributed by atoms with Crippen molar-refractivity contribution in [1.82, 2.24) is 5.32 Å². The van der Waals surface area contributed by atoms with Crippen LogP contribution in [-0.4, -0.2) is 24.3 Å². The Bertz CT molecular complexity index is 314. The average Bonchev–Trinajstić information content (AvgIpc) is 2.23. The predicted molar refractivity (Wildman–Crippen MR) is 54.4 cm³/mol. The molecule has 1 aliphatic heterocycles. The zero-order valence-corrected chi connectivity index (χ0v) is 8.23. The summed E-state index contributed by atoms with van der Waals surface area (Å²) in [7, 11) is 0. The number of rotatable bonds is 2. The lowest BCUT2D eigenvalue weighted by Gasteiger charge is -2.30. The smallest absolute Gasteiger partial charge is 0.125 e. The third-order valence-corrected chi connectivity index (χ3v) is 2.50. The SMILES string of the molecule is CCN[C@H]1COc2ccccc2[C@@H]1O. The average molecular weight is 193 g/mol. The van der Waals surface area contributed by atoms with E-state index in [0.717, 1.165) is 17.9 Å². The summed E-state index contributed by atoms with van der Waals surface area (Å²) >= 11 is 0. The number of para-hydroxylation sites is 1. The van der Waals surface area contributed by atoms with E-state index >= 15 is 0 Å². The van der Waals surface area contributed by atoms with Gasteiger partial charge in [0.05, 0.1) is 6.04 Å². The molecule has 2 N–H and O–H groups in total. The number of likely N-dealkylation sites (N-methyl/N-ethyl adjacent to an activating group) is 1. The number of ether oxygens (including phenoxy) is 1.